The quantitative estimate of drug-likeness (QED) is 0.910. The van der Waals surface area contributed by atoms with Gasteiger partial charge in [0, 0.05) is 32.4 Å². The SMILES string of the molecule is C[C@H](NCC(=O)N1CCN(c2ccccn2)CC1)c1ccco1. The summed E-state index contributed by atoms with van der Waals surface area (Å²) >= 11 is 0. The molecule has 0 bridgehead atoms. The molecule has 0 spiro atoms. The maximum Gasteiger partial charge on any atom is 0.236 e. The van der Waals surface area contributed by atoms with Gasteiger partial charge in [-0.25, -0.2) is 4.98 Å². The van der Waals surface area contributed by atoms with Gasteiger partial charge in [0.2, 0.25) is 5.91 Å². The van der Waals surface area contributed by atoms with Gasteiger partial charge < -0.3 is 14.2 Å². The lowest BCUT2D eigenvalue weighted by Gasteiger charge is -2.35. The number of hydrogen-bond donors (Lipinski definition) is 1. The Morgan fingerprint density at radius 3 is 2.74 bits per heavy atom. The number of nitrogens with zero attached hydrogens (tertiary/aromatic N) is 3. The molecular formula is C17H22N4O2. The van der Waals surface area contributed by atoms with Crippen molar-refractivity contribution in [2.75, 3.05) is 37.6 Å². The van der Waals surface area contributed by atoms with Gasteiger partial charge in [0.05, 0.1) is 18.8 Å². The molecule has 6 nitrogen and oxygen atoms in total. The molecule has 0 aromatic carbocycles. The molecular weight excluding hydrogens is 292 g/mol. The van der Waals surface area contributed by atoms with E-state index in [0.29, 0.717) is 6.54 Å². The molecule has 1 aliphatic rings. The minimum absolute atomic E-state index is 0.0313. The highest BCUT2D eigenvalue weighted by Crippen LogP contribution is 2.14. The second-order valence-electron chi connectivity index (χ2n) is 5.67. The Morgan fingerprint density at radius 1 is 1.26 bits per heavy atom. The van der Waals surface area contributed by atoms with Crippen LogP contribution in [0.25, 0.3) is 0 Å². The molecule has 0 unspecified atom stereocenters. The first-order chi connectivity index (χ1) is 11.2. The highest BCUT2D eigenvalue weighted by molar-refractivity contribution is 5.78. The van der Waals surface area contributed by atoms with Crippen LogP contribution >= 0.6 is 0 Å². The van der Waals surface area contributed by atoms with Crippen molar-refractivity contribution in [1.29, 1.82) is 0 Å². The molecule has 2 aromatic rings. The predicted octanol–water partition coefficient (Wildman–Crippen LogP) is 1.67. The zero-order valence-corrected chi connectivity index (χ0v) is 13.3. The van der Waals surface area contributed by atoms with E-state index < -0.39 is 0 Å². The van der Waals surface area contributed by atoms with Gasteiger partial charge in [-0.3, -0.25) is 10.1 Å². The Balaban J connectivity index is 1.45. The lowest BCUT2D eigenvalue weighted by atomic mass is 10.2. The van der Waals surface area contributed by atoms with Crippen molar-refractivity contribution in [3.05, 3.63) is 48.6 Å². The number of pyridine rings is 1. The first-order valence-corrected chi connectivity index (χ1v) is 7.94. The number of nitrogens with one attached hydrogen (secondary N) is 1. The molecule has 0 saturated carbocycles. The summed E-state index contributed by atoms with van der Waals surface area (Å²) in [7, 11) is 0. The number of hydrogen-bond acceptors (Lipinski definition) is 5. The van der Waals surface area contributed by atoms with Crippen molar-refractivity contribution in [2.24, 2.45) is 0 Å². The maximum absolute atomic E-state index is 12.3. The van der Waals surface area contributed by atoms with E-state index in [1.807, 2.05) is 42.2 Å². The van der Waals surface area contributed by atoms with E-state index >= 15 is 0 Å². The summed E-state index contributed by atoms with van der Waals surface area (Å²) in [5, 5.41) is 3.21. The third kappa shape index (κ3) is 3.90. The van der Waals surface area contributed by atoms with Crippen molar-refractivity contribution in [1.82, 2.24) is 15.2 Å². The van der Waals surface area contributed by atoms with E-state index in [2.05, 4.69) is 15.2 Å². The summed E-state index contributed by atoms with van der Waals surface area (Å²) in [6.07, 6.45) is 3.44. The molecule has 122 valence electrons. The van der Waals surface area contributed by atoms with Gasteiger partial charge >= 0.3 is 0 Å². The molecule has 0 radical (unpaired) electrons. The van der Waals surface area contributed by atoms with Gasteiger partial charge in [-0.2, -0.15) is 0 Å². The molecule has 1 atom stereocenters. The summed E-state index contributed by atoms with van der Waals surface area (Å²) < 4.78 is 5.34. The Hall–Kier alpha value is -2.34. The second-order valence-corrected chi connectivity index (χ2v) is 5.67. The van der Waals surface area contributed by atoms with Gasteiger partial charge in [0.1, 0.15) is 11.6 Å². The van der Waals surface area contributed by atoms with Crippen LogP contribution in [0.4, 0.5) is 5.82 Å². The Morgan fingerprint density at radius 2 is 2.09 bits per heavy atom. The fourth-order valence-electron chi connectivity index (χ4n) is 2.72. The molecule has 1 N–H and O–H groups in total. The third-order valence-electron chi connectivity index (χ3n) is 4.14. The normalized spacial score (nSPS) is 16.4. The van der Waals surface area contributed by atoms with Crippen molar-refractivity contribution in [3.8, 4) is 0 Å². The van der Waals surface area contributed by atoms with Crippen LogP contribution in [0, 0.1) is 0 Å². The first-order valence-electron chi connectivity index (χ1n) is 7.94. The van der Waals surface area contributed by atoms with Crippen LogP contribution in [0.15, 0.2) is 47.2 Å². The zero-order valence-electron chi connectivity index (χ0n) is 13.3. The first kappa shape index (κ1) is 15.6. The van der Waals surface area contributed by atoms with Gasteiger partial charge in [-0.1, -0.05) is 6.07 Å². The summed E-state index contributed by atoms with van der Waals surface area (Å²) in [6.45, 7) is 5.40. The molecule has 1 amide bonds. The second kappa shape index (κ2) is 7.28. The zero-order chi connectivity index (χ0) is 16.1. The number of amides is 1. The number of rotatable bonds is 5. The van der Waals surface area contributed by atoms with Crippen LogP contribution in [-0.2, 0) is 4.79 Å². The minimum atomic E-state index is 0.0313. The number of carbonyl (C=O) groups is 1. The van der Waals surface area contributed by atoms with Crippen LogP contribution in [0.1, 0.15) is 18.7 Å². The number of anilines is 1. The van der Waals surface area contributed by atoms with Crippen molar-refractivity contribution in [3.63, 3.8) is 0 Å². The molecule has 3 heterocycles. The average Bonchev–Trinajstić information content (AvgIpc) is 3.15. The lowest BCUT2D eigenvalue weighted by molar-refractivity contribution is -0.130. The minimum Gasteiger partial charge on any atom is -0.468 e. The monoisotopic (exact) mass is 314 g/mol. The predicted molar refractivity (Wildman–Crippen MR) is 88.2 cm³/mol. The Labute approximate surface area is 136 Å². The molecule has 0 aliphatic carbocycles. The number of piperazine rings is 1. The fraction of sp³-hybridized carbons (Fsp3) is 0.412. The Kier molecular flexibility index (Phi) is 4.92. The topological polar surface area (TPSA) is 61.6 Å². The molecule has 1 aliphatic heterocycles. The highest BCUT2D eigenvalue weighted by Gasteiger charge is 2.22. The maximum atomic E-state index is 12.3. The third-order valence-corrected chi connectivity index (χ3v) is 4.14. The van der Waals surface area contributed by atoms with Gasteiger partial charge in [0.15, 0.2) is 0 Å². The summed E-state index contributed by atoms with van der Waals surface area (Å²) in [5.74, 6) is 1.95. The van der Waals surface area contributed by atoms with Crippen molar-refractivity contribution in [2.45, 2.75) is 13.0 Å². The van der Waals surface area contributed by atoms with E-state index in [0.717, 1.165) is 37.8 Å². The molecule has 1 saturated heterocycles. The molecule has 2 aromatic heterocycles. The van der Waals surface area contributed by atoms with E-state index in [4.69, 9.17) is 4.42 Å². The number of carbonyl (C=O) groups excluding carboxylic acids is 1. The van der Waals surface area contributed by atoms with E-state index in [9.17, 15) is 4.79 Å². The van der Waals surface area contributed by atoms with E-state index in [1.165, 1.54) is 0 Å². The molecule has 23 heavy (non-hydrogen) atoms. The van der Waals surface area contributed by atoms with Gasteiger partial charge in [-0.15, -0.1) is 0 Å². The van der Waals surface area contributed by atoms with Crippen LogP contribution < -0.4 is 10.2 Å². The number of furan rings is 1. The molecule has 1 fully saturated rings. The van der Waals surface area contributed by atoms with Gasteiger partial charge in [0.25, 0.3) is 0 Å². The largest absolute Gasteiger partial charge is 0.468 e. The Bertz CT molecular complexity index is 607. The summed E-state index contributed by atoms with van der Waals surface area (Å²) in [5.41, 5.74) is 0. The molecule has 6 heteroatoms. The van der Waals surface area contributed by atoms with E-state index in [1.54, 1.807) is 12.5 Å². The average molecular weight is 314 g/mol. The van der Waals surface area contributed by atoms with Crippen LogP contribution in [0.3, 0.4) is 0 Å². The summed E-state index contributed by atoms with van der Waals surface area (Å²) in [6, 6.07) is 9.70. The summed E-state index contributed by atoms with van der Waals surface area (Å²) in [4.78, 5) is 20.8. The number of aromatic nitrogens is 1. The van der Waals surface area contributed by atoms with Crippen LogP contribution in [0.2, 0.25) is 0 Å². The molecule has 3 rings (SSSR count). The standard InChI is InChI=1S/C17H22N4O2/c1-14(15-5-4-12-23-15)19-13-17(22)21-10-8-20(9-11-21)16-6-2-3-7-18-16/h2-7,12,14,19H,8-11,13H2,1H3/t14-/m0/s1. The van der Waals surface area contributed by atoms with E-state index in [-0.39, 0.29) is 11.9 Å². The van der Waals surface area contributed by atoms with Crippen molar-refractivity contribution >= 4 is 11.7 Å². The van der Waals surface area contributed by atoms with Gasteiger partial charge in [-0.05, 0) is 31.2 Å². The van der Waals surface area contributed by atoms with Crippen molar-refractivity contribution < 1.29 is 9.21 Å². The lowest BCUT2D eigenvalue weighted by Crippen LogP contribution is -2.51. The van der Waals surface area contributed by atoms with Crippen LogP contribution in [0.5, 0.6) is 0 Å². The highest BCUT2D eigenvalue weighted by atomic mass is 16.3. The smallest absolute Gasteiger partial charge is 0.236 e. The van der Waals surface area contributed by atoms with Crippen LogP contribution in [-0.4, -0.2) is 48.5 Å². The fourth-order valence-corrected chi connectivity index (χ4v) is 2.72.